The molecule has 9 nitrogen and oxygen atoms in total. The van der Waals surface area contributed by atoms with Crippen LogP contribution >= 0.6 is 0 Å². The summed E-state index contributed by atoms with van der Waals surface area (Å²) in [4.78, 5) is 13.6. The van der Waals surface area contributed by atoms with Crippen LogP contribution < -0.4 is 9.62 Å². The van der Waals surface area contributed by atoms with Crippen LogP contribution in [0, 0.1) is 6.92 Å². The number of piperidine rings is 1. The largest absolute Gasteiger partial charge is 0.478 e. The van der Waals surface area contributed by atoms with Crippen molar-refractivity contribution >= 4 is 27.4 Å². The molecule has 0 saturated carbocycles. The van der Waals surface area contributed by atoms with Gasteiger partial charge in [0.25, 0.3) is 10.0 Å². The maximum Gasteiger partial charge on any atom is 0.335 e. The van der Waals surface area contributed by atoms with E-state index in [0.29, 0.717) is 35.0 Å². The maximum absolute atomic E-state index is 13.5. The number of aromatic nitrogens is 2. The van der Waals surface area contributed by atoms with E-state index in [9.17, 15) is 18.3 Å². The quantitative estimate of drug-likeness (QED) is 0.529. The Hall–Kier alpha value is -3.40. The molecule has 2 aromatic carbocycles. The van der Waals surface area contributed by atoms with Crippen molar-refractivity contribution in [2.24, 2.45) is 0 Å². The summed E-state index contributed by atoms with van der Waals surface area (Å²) in [5.41, 5.74) is 2.18. The van der Waals surface area contributed by atoms with Crippen LogP contribution in [0.1, 0.15) is 48.0 Å². The Morgan fingerprint density at radius 2 is 1.88 bits per heavy atom. The molecule has 1 aliphatic rings. The van der Waals surface area contributed by atoms with Gasteiger partial charge in [-0.2, -0.15) is 0 Å². The Morgan fingerprint density at radius 3 is 2.52 bits per heavy atom. The predicted octanol–water partition coefficient (Wildman–Crippen LogP) is 4.10. The number of anilines is 2. The smallest absolute Gasteiger partial charge is 0.335 e. The number of aryl methyl sites for hydroxylation is 2. The molecule has 174 valence electrons. The molecular formula is C23H26N4O5S. The molecule has 4 rings (SSSR count). The van der Waals surface area contributed by atoms with Crippen LogP contribution in [-0.2, 0) is 16.4 Å². The molecule has 2 heterocycles. The zero-order chi connectivity index (χ0) is 23.6. The number of nitrogens with one attached hydrogen (secondary N) is 1. The van der Waals surface area contributed by atoms with Crippen LogP contribution in [0.15, 0.2) is 45.7 Å². The average Bonchev–Trinajstić information content (AvgIpc) is 3.25. The van der Waals surface area contributed by atoms with Crippen molar-refractivity contribution in [3.8, 4) is 11.5 Å². The third kappa shape index (κ3) is 4.85. The summed E-state index contributed by atoms with van der Waals surface area (Å²) >= 11 is 0. The molecule has 1 fully saturated rings. The maximum atomic E-state index is 13.5. The van der Waals surface area contributed by atoms with Crippen LogP contribution in [0.4, 0.5) is 11.4 Å². The van der Waals surface area contributed by atoms with Gasteiger partial charge in [0, 0.05) is 25.6 Å². The van der Waals surface area contributed by atoms with E-state index in [0.717, 1.165) is 38.0 Å². The van der Waals surface area contributed by atoms with E-state index in [-0.39, 0.29) is 10.5 Å². The molecule has 0 bridgehead atoms. The summed E-state index contributed by atoms with van der Waals surface area (Å²) in [7, 11) is -4.07. The number of carbonyl (C=O) groups is 1. The van der Waals surface area contributed by atoms with E-state index in [1.54, 1.807) is 19.1 Å². The van der Waals surface area contributed by atoms with Gasteiger partial charge in [0.05, 0.1) is 21.8 Å². The summed E-state index contributed by atoms with van der Waals surface area (Å²) in [5.74, 6) is -0.484. The van der Waals surface area contributed by atoms with Crippen molar-refractivity contribution in [2.75, 3.05) is 22.7 Å². The first-order valence-corrected chi connectivity index (χ1v) is 12.4. The van der Waals surface area contributed by atoms with Gasteiger partial charge in [0.2, 0.25) is 11.8 Å². The first-order valence-electron chi connectivity index (χ1n) is 10.9. The Kier molecular flexibility index (Phi) is 6.37. The lowest BCUT2D eigenvalue weighted by Crippen LogP contribution is -2.30. The minimum absolute atomic E-state index is 0.0477. The summed E-state index contributed by atoms with van der Waals surface area (Å²) in [6.45, 7) is 5.15. The summed E-state index contributed by atoms with van der Waals surface area (Å²) < 4.78 is 35.2. The number of carboxylic acid groups (broad SMARTS) is 1. The van der Waals surface area contributed by atoms with Crippen molar-refractivity contribution in [1.82, 2.24) is 10.2 Å². The highest BCUT2D eigenvalue weighted by atomic mass is 32.2. The lowest BCUT2D eigenvalue weighted by atomic mass is 10.1. The van der Waals surface area contributed by atoms with Gasteiger partial charge in [-0.15, -0.1) is 10.2 Å². The number of sulfonamides is 1. The van der Waals surface area contributed by atoms with Crippen molar-refractivity contribution < 1.29 is 22.7 Å². The molecule has 0 aliphatic carbocycles. The minimum Gasteiger partial charge on any atom is -0.478 e. The first-order chi connectivity index (χ1) is 15.8. The highest BCUT2D eigenvalue weighted by molar-refractivity contribution is 7.92. The molecule has 0 amide bonds. The van der Waals surface area contributed by atoms with E-state index in [4.69, 9.17) is 4.42 Å². The Balaban J connectivity index is 1.79. The lowest BCUT2D eigenvalue weighted by Gasteiger charge is -2.31. The van der Waals surface area contributed by atoms with E-state index >= 15 is 0 Å². The first kappa shape index (κ1) is 22.8. The van der Waals surface area contributed by atoms with Gasteiger partial charge in [-0.25, -0.2) is 13.2 Å². The van der Waals surface area contributed by atoms with E-state index in [1.165, 1.54) is 12.1 Å². The van der Waals surface area contributed by atoms with Gasteiger partial charge in [0.15, 0.2) is 0 Å². The molecule has 0 atom stereocenters. The predicted molar refractivity (Wildman–Crippen MR) is 124 cm³/mol. The van der Waals surface area contributed by atoms with Gasteiger partial charge < -0.3 is 14.4 Å². The Bertz CT molecular complexity index is 1280. The van der Waals surface area contributed by atoms with Crippen molar-refractivity contribution in [1.29, 1.82) is 0 Å². The van der Waals surface area contributed by atoms with Gasteiger partial charge >= 0.3 is 5.97 Å². The third-order valence-corrected chi connectivity index (χ3v) is 7.14. The molecule has 33 heavy (non-hydrogen) atoms. The van der Waals surface area contributed by atoms with E-state index in [2.05, 4.69) is 19.8 Å². The molecule has 1 saturated heterocycles. The topological polar surface area (TPSA) is 126 Å². The van der Waals surface area contributed by atoms with Crippen LogP contribution in [0.3, 0.4) is 0 Å². The van der Waals surface area contributed by atoms with Crippen LogP contribution in [-0.4, -0.2) is 42.8 Å². The highest BCUT2D eigenvalue weighted by Crippen LogP contribution is 2.35. The second-order valence-corrected chi connectivity index (χ2v) is 9.64. The Labute approximate surface area is 192 Å². The van der Waals surface area contributed by atoms with E-state index < -0.39 is 16.0 Å². The molecule has 1 aromatic heterocycles. The van der Waals surface area contributed by atoms with Crippen molar-refractivity contribution in [3.05, 3.63) is 53.4 Å². The number of rotatable bonds is 7. The fraction of sp³-hybridized carbons (Fsp3) is 0.348. The molecule has 3 aromatic rings. The summed E-state index contributed by atoms with van der Waals surface area (Å²) in [5, 5.41) is 17.3. The molecular weight excluding hydrogens is 444 g/mol. The van der Waals surface area contributed by atoms with Gasteiger partial charge in [-0.1, -0.05) is 13.0 Å². The highest BCUT2D eigenvalue weighted by Gasteiger charge is 2.24. The molecule has 0 spiro atoms. The number of nitrogens with zero attached hydrogens (tertiary/aromatic N) is 3. The molecule has 0 radical (unpaired) electrons. The number of benzene rings is 2. The monoisotopic (exact) mass is 470 g/mol. The Morgan fingerprint density at radius 1 is 1.12 bits per heavy atom. The summed E-state index contributed by atoms with van der Waals surface area (Å²) in [6.07, 6.45) is 3.63. The average molecular weight is 471 g/mol. The second-order valence-electron chi connectivity index (χ2n) is 7.99. The van der Waals surface area contributed by atoms with Gasteiger partial charge in [-0.3, -0.25) is 4.72 Å². The lowest BCUT2D eigenvalue weighted by molar-refractivity contribution is 0.0696. The molecule has 0 unspecified atom stereocenters. The molecule has 1 aliphatic heterocycles. The number of hydrogen-bond donors (Lipinski definition) is 2. The normalized spacial score (nSPS) is 14.3. The van der Waals surface area contributed by atoms with Crippen LogP contribution in [0.2, 0.25) is 0 Å². The van der Waals surface area contributed by atoms with Crippen LogP contribution in [0.5, 0.6) is 0 Å². The molecule has 10 heteroatoms. The zero-order valence-electron chi connectivity index (χ0n) is 18.5. The third-order valence-electron chi connectivity index (χ3n) is 5.70. The van der Waals surface area contributed by atoms with E-state index in [1.807, 2.05) is 19.1 Å². The van der Waals surface area contributed by atoms with Crippen LogP contribution in [0.25, 0.3) is 11.5 Å². The SMILES string of the molecule is CCc1ccc(C(=O)O)cc1S(=O)(=O)Nc1cc(-c2nnc(C)o2)ccc1N1CCCCC1. The van der Waals surface area contributed by atoms with Crippen molar-refractivity contribution in [3.63, 3.8) is 0 Å². The number of hydrogen-bond acceptors (Lipinski definition) is 7. The fourth-order valence-corrected chi connectivity index (χ4v) is 5.41. The number of carboxylic acids is 1. The van der Waals surface area contributed by atoms with Gasteiger partial charge in [0.1, 0.15) is 0 Å². The zero-order valence-corrected chi connectivity index (χ0v) is 19.4. The second kappa shape index (κ2) is 9.22. The fourth-order valence-electron chi connectivity index (χ4n) is 4.00. The minimum atomic E-state index is -4.07. The summed E-state index contributed by atoms with van der Waals surface area (Å²) in [6, 6.07) is 9.53. The van der Waals surface area contributed by atoms with Crippen molar-refractivity contribution in [2.45, 2.75) is 44.4 Å². The standard InChI is InChI=1S/C23H26N4O5S/c1-3-16-7-8-18(23(28)29)14-21(16)33(30,31)26-19-13-17(22-25-24-15(2)32-22)9-10-20(19)27-11-5-4-6-12-27/h7-10,13-14,26H,3-6,11-12H2,1-2H3,(H,28,29). The number of aromatic carboxylic acids is 1. The molecule has 2 N–H and O–H groups in total. The van der Waals surface area contributed by atoms with Gasteiger partial charge in [-0.05, 0) is 61.6 Å².